The minimum atomic E-state index is -0.703. The van der Waals surface area contributed by atoms with E-state index in [-0.39, 0.29) is 6.42 Å². The summed E-state index contributed by atoms with van der Waals surface area (Å²) in [5.41, 5.74) is 1.06. The van der Waals surface area contributed by atoms with Crippen LogP contribution in [0.1, 0.15) is 51.1 Å². The Labute approximate surface area is 120 Å². The molecule has 1 aromatic rings. The standard InChI is InChI=1S/C15H23N3O2/c1-11(2)13-8-14(17-10-16-13)18-7-3-4-12(9-18)5-6-15(19)20/h8,10-12H,3-7,9H2,1-2H3,(H,19,20). The first-order valence-corrected chi connectivity index (χ1v) is 7.35. The van der Waals surface area contributed by atoms with Crippen molar-refractivity contribution in [3.05, 3.63) is 18.1 Å². The Kier molecular flexibility index (Phi) is 4.93. The van der Waals surface area contributed by atoms with Gasteiger partial charge in [0.15, 0.2) is 0 Å². The molecule has 5 nitrogen and oxygen atoms in total. The highest BCUT2D eigenvalue weighted by atomic mass is 16.4. The maximum atomic E-state index is 10.7. The first-order chi connectivity index (χ1) is 9.56. The molecule has 110 valence electrons. The molecule has 1 N–H and O–H groups in total. The van der Waals surface area contributed by atoms with Gasteiger partial charge in [-0.3, -0.25) is 4.79 Å². The summed E-state index contributed by atoms with van der Waals surface area (Å²) < 4.78 is 0. The van der Waals surface area contributed by atoms with E-state index in [0.29, 0.717) is 11.8 Å². The Morgan fingerprint density at radius 1 is 1.50 bits per heavy atom. The monoisotopic (exact) mass is 277 g/mol. The van der Waals surface area contributed by atoms with Crippen molar-refractivity contribution in [2.24, 2.45) is 5.92 Å². The van der Waals surface area contributed by atoms with Crippen LogP contribution in [0.15, 0.2) is 12.4 Å². The first kappa shape index (κ1) is 14.8. The predicted octanol–water partition coefficient (Wildman–Crippen LogP) is 2.68. The van der Waals surface area contributed by atoms with Crippen molar-refractivity contribution in [2.75, 3.05) is 18.0 Å². The van der Waals surface area contributed by atoms with Gasteiger partial charge in [0.25, 0.3) is 0 Å². The third kappa shape index (κ3) is 3.92. The van der Waals surface area contributed by atoms with E-state index in [9.17, 15) is 4.79 Å². The third-order valence-electron chi connectivity index (χ3n) is 3.87. The van der Waals surface area contributed by atoms with Gasteiger partial charge < -0.3 is 10.0 Å². The van der Waals surface area contributed by atoms with Crippen molar-refractivity contribution in [1.82, 2.24) is 9.97 Å². The number of carboxylic acids is 1. The zero-order valence-corrected chi connectivity index (χ0v) is 12.2. The fourth-order valence-electron chi connectivity index (χ4n) is 2.69. The Hall–Kier alpha value is -1.65. The van der Waals surface area contributed by atoms with E-state index < -0.39 is 5.97 Å². The van der Waals surface area contributed by atoms with Crippen molar-refractivity contribution in [3.8, 4) is 0 Å². The summed E-state index contributed by atoms with van der Waals surface area (Å²) in [5.74, 6) is 1.12. The van der Waals surface area contributed by atoms with Gasteiger partial charge in [-0.25, -0.2) is 9.97 Å². The molecule has 0 amide bonds. The zero-order valence-electron chi connectivity index (χ0n) is 12.2. The summed E-state index contributed by atoms with van der Waals surface area (Å²) in [6.45, 7) is 6.15. The maximum Gasteiger partial charge on any atom is 0.303 e. The summed E-state index contributed by atoms with van der Waals surface area (Å²) in [6, 6.07) is 2.06. The summed E-state index contributed by atoms with van der Waals surface area (Å²) in [4.78, 5) is 21.6. The average molecular weight is 277 g/mol. The maximum absolute atomic E-state index is 10.7. The highest BCUT2D eigenvalue weighted by Crippen LogP contribution is 2.25. The van der Waals surface area contributed by atoms with E-state index in [4.69, 9.17) is 5.11 Å². The molecule has 1 aliphatic rings. The molecule has 2 rings (SSSR count). The van der Waals surface area contributed by atoms with E-state index in [1.165, 1.54) is 0 Å². The van der Waals surface area contributed by atoms with Crippen LogP contribution in [0, 0.1) is 5.92 Å². The van der Waals surface area contributed by atoms with Crippen LogP contribution in [0.3, 0.4) is 0 Å². The van der Waals surface area contributed by atoms with Gasteiger partial charge >= 0.3 is 5.97 Å². The summed E-state index contributed by atoms with van der Waals surface area (Å²) in [5, 5.41) is 8.79. The molecule has 1 saturated heterocycles. The van der Waals surface area contributed by atoms with Gasteiger partial charge in [0.05, 0.1) is 0 Å². The number of anilines is 1. The van der Waals surface area contributed by atoms with Crippen molar-refractivity contribution in [3.63, 3.8) is 0 Å². The number of aromatic nitrogens is 2. The molecule has 1 atom stereocenters. The highest BCUT2D eigenvalue weighted by Gasteiger charge is 2.22. The van der Waals surface area contributed by atoms with Crippen LogP contribution < -0.4 is 4.90 Å². The van der Waals surface area contributed by atoms with Crippen LogP contribution in [0.5, 0.6) is 0 Å². The number of hydrogen-bond donors (Lipinski definition) is 1. The number of aliphatic carboxylic acids is 1. The number of carboxylic acid groups (broad SMARTS) is 1. The molecule has 20 heavy (non-hydrogen) atoms. The Morgan fingerprint density at radius 3 is 3.00 bits per heavy atom. The fourth-order valence-corrected chi connectivity index (χ4v) is 2.69. The van der Waals surface area contributed by atoms with E-state index >= 15 is 0 Å². The predicted molar refractivity (Wildman–Crippen MR) is 77.9 cm³/mol. The summed E-state index contributed by atoms with van der Waals surface area (Å²) in [7, 11) is 0. The SMILES string of the molecule is CC(C)c1cc(N2CCCC(CCC(=O)O)C2)ncn1. The smallest absolute Gasteiger partial charge is 0.303 e. The minimum absolute atomic E-state index is 0.263. The molecular weight excluding hydrogens is 254 g/mol. The second-order valence-corrected chi connectivity index (χ2v) is 5.84. The van der Waals surface area contributed by atoms with Crippen LogP contribution in [0.4, 0.5) is 5.82 Å². The van der Waals surface area contributed by atoms with Crippen molar-refractivity contribution in [2.45, 2.75) is 45.4 Å². The quantitative estimate of drug-likeness (QED) is 0.896. The number of carbonyl (C=O) groups is 1. The molecule has 1 unspecified atom stereocenters. The lowest BCUT2D eigenvalue weighted by molar-refractivity contribution is -0.137. The summed E-state index contributed by atoms with van der Waals surface area (Å²) in [6.07, 6.45) is 4.87. The van der Waals surface area contributed by atoms with Gasteiger partial charge in [-0.15, -0.1) is 0 Å². The van der Waals surface area contributed by atoms with Crippen LogP contribution in [0.25, 0.3) is 0 Å². The van der Waals surface area contributed by atoms with E-state index in [1.807, 2.05) is 0 Å². The molecule has 1 fully saturated rings. The van der Waals surface area contributed by atoms with Gasteiger partial charge in [0.1, 0.15) is 12.1 Å². The molecule has 5 heteroatoms. The third-order valence-corrected chi connectivity index (χ3v) is 3.87. The molecule has 1 aliphatic heterocycles. The van der Waals surface area contributed by atoms with Crippen LogP contribution in [0.2, 0.25) is 0 Å². The number of piperidine rings is 1. The molecular formula is C15H23N3O2. The highest BCUT2D eigenvalue weighted by molar-refractivity contribution is 5.66. The molecule has 0 spiro atoms. The van der Waals surface area contributed by atoms with E-state index in [1.54, 1.807) is 6.33 Å². The van der Waals surface area contributed by atoms with Gasteiger partial charge in [0.2, 0.25) is 0 Å². The van der Waals surface area contributed by atoms with Crippen LogP contribution >= 0.6 is 0 Å². The topological polar surface area (TPSA) is 66.3 Å². The van der Waals surface area contributed by atoms with Gasteiger partial charge in [-0.1, -0.05) is 13.8 Å². The Balaban J connectivity index is 2.01. The molecule has 0 bridgehead atoms. The fraction of sp³-hybridized carbons (Fsp3) is 0.667. The number of rotatable bonds is 5. The van der Waals surface area contributed by atoms with E-state index in [2.05, 4.69) is 34.8 Å². The molecule has 0 aliphatic carbocycles. The summed E-state index contributed by atoms with van der Waals surface area (Å²) >= 11 is 0. The lowest BCUT2D eigenvalue weighted by Gasteiger charge is -2.33. The molecule has 1 aromatic heterocycles. The van der Waals surface area contributed by atoms with Crippen LogP contribution in [-0.2, 0) is 4.79 Å². The molecule has 0 radical (unpaired) electrons. The minimum Gasteiger partial charge on any atom is -0.481 e. The van der Waals surface area contributed by atoms with Crippen molar-refractivity contribution in [1.29, 1.82) is 0 Å². The molecule has 0 aromatic carbocycles. The van der Waals surface area contributed by atoms with Crippen molar-refractivity contribution < 1.29 is 9.90 Å². The van der Waals surface area contributed by atoms with Gasteiger partial charge in [-0.2, -0.15) is 0 Å². The Morgan fingerprint density at radius 2 is 2.30 bits per heavy atom. The lowest BCUT2D eigenvalue weighted by Crippen LogP contribution is -2.36. The molecule has 2 heterocycles. The number of nitrogens with zero attached hydrogens (tertiary/aromatic N) is 3. The largest absolute Gasteiger partial charge is 0.481 e. The second-order valence-electron chi connectivity index (χ2n) is 5.84. The second kappa shape index (κ2) is 6.68. The normalized spacial score (nSPS) is 19.4. The zero-order chi connectivity index (χ0) is 14.5. The lowest BCUT2D eigenvalue weighted by atomic mass is 9.93. The first-order valence-electron chi connectivity index (χ1n) is 7.35. The van der Waals surface area contributed by atoms with Crippen molar-refractivity contribution >= 4 is 11.8 Å². The Bertz CT molecular complexity index is 462. The van der Waals surface area contributed by atoms with Crippen LogP contribution in [-0.4, -0.2) is 34.1 Å². The van der Waals surface area contributed by atoms with Gasteiger partial charge in [0, 0.05) is 31.3 Å². The number of hydrogen-bond acceptors (Lipinski definition) is 4. The van der Waals surface area contributed by atoms with Gasteiger partial charge in [-0.05, 0) is 31.1 Å². The molecule has 0 saturated carbocycles. The van der Waals surface area contributed by atoms with E-state index in [0.717, 1.165) is 43.9 Å². The average Bonchev–Trinajstić information content (AvgIpc) is 2.45.